The van der Waals surface area contributed by atoms with Crippen LogP contribution in [0.5, 0.6) is 23.0 Å². The van der Waals surface area contributed by atoms with Crippen LogP contribution in [-0.4, -0.2) is 26.0 Å². The largest absolute Gasteiger partial charge is 0.497 e. The van der Waals surface area contributed by atoms with E-state index in [1.54, 1.807) is 56.7 Å². The van der Waals surface area contributed by atoms with E-state index in [0.717, 1.165) is 12.8 Å². The summed E-state index contributed by atoms with van der Waals surface area (Å²) in [6, 6.07) is 10.1. The Bertz CT molecular complexity index is 955. The van der Waals surface area contributed by atoms with Crippen molar-refractivity contribution in [2.75, 3.05) is 14.2 Å². The van der Waals surface area contributed by atoms with Gasteiger partial charge in [-0.3, -0.25) is 9.59 Å². The Morgan fingerprint density at radius 3 is 2.56 bits per heavy atom. The molecule has 6 heteroatoms. The van der Waals surface area contributed by atoms with Crippen molar-refractivity contribution < 1.29 is 28.5 Å². The molecule has 2 aliphatic rings. The predicted molar refractivity (Wildman–Crippen MR) is 97.3 cm³/mol. The lowest BCUT2D eigenvalue weighted by molar-refractivity contribution is -0.135. The van der Waals surface area contributed by atoms with Gasteiger partial charge in [-0.25, -0.2) is 0 Å². The molecule has 4 rings (SSSR count). The SMILES string of the molecule is COc1ccc(C=C2Oc3cc(OC(=O)C4CC4)ccc3C2=O)c(OC)c1. The minimum absolute atomic E-state index is 0.00111. The van der Waals surface area contributed by atoms with Crippen LogP contribution < -0.4 is 18.9 Å². The van der Waals surface area contributed by atoms with Gasteiger partial charge >= 0.3 is 5.97 Å². The maximum atomic E-state index is 12.6. The molecule has 0 unspecified atom stereocenters. The first-order valence-corrected chi connectivity index (χ1v) is 8.61. The molecule has 1 saturated carbocycles. The van der Waals surface area contributed by atoms with Crippen LogP contribution >= 0.6 is 0 Å². The fourth-order valence-electron chi connectivity index (χ4n) is 2.83. The average Bonchev–Trinajstić information content (AvgIpc) is 3.48. The number of methoxy groups -OCH3 is 2. The molecule has 1 aliphatic heterocycles. The molecule has 0 saturated heterocycles. The van der Waals surface area contributed by atoms with Crippen molar-refractivity contribution in [2.24, 2.45) is 5.92 Å². The van der Waals surface area contributed by atoms with Gasteiger partial charge in [-0.1, -0.05) is 0 Å². The first kappa shape index (κ1) is 17.1. The van der Waals surface area contributed by atoms with Crippen LogP contribution in [0.4, 0.5) is 0 Å². The Balaban J connectivity index is 1.59. The average molecular weight is 366 g/mol. The second kappa shape index (κ2) is 6.79. The number of hydrogen-bond donors (Lipinski definition) is 0. The molecule has 1 heterocycles. The van der Waals surface area contributed by atoms with Crippen LogP contribution in [0.15, 0.2) is 42.2 Å². The lowest BCUT2D eigenvalue weighted by Gasteiger charge is -2.08. The topological polar surface area (TPSA) is 71.1 Å². The predicted octanol–water partition coefficient (Wildman–Crippen LogP) is 3.64. The molecule has 0 N–H and O–H groups in total. The summed E-state index contributed by atoms with van der Waals surface area (Å²) in [5.41, 5.74) is 1.12. The number of ketones is 1. The van der Waals surface area contributed by atoms with Gasteiger partial charge in [0, 0.05) is 17.7 Å². The Labute approximate surface area is 156 Å². The third-order valence-electron chi connectivity index (χ3n) is 4.50. The highest BCUT2D eigenvalue weighted by Gasteiger charge is 2.33. The molecular formula is C21H18O6. The van der Waals surface area contributed by atoms with Gasteiger partial charge in [-0.15, -0.1) is 0 Å². The molecule has 0 bridgehead atoms. The van der Waals surface area contributed by atoms with Gasteiger partial charge in [0.15, 0.2) is 5.76 Å². The van der Waals surface area contributed by atoms with Crippen molar-refractivity contribution >= 4 is 17.8 Å². The number of carbonyl (C=O) groups excluding carboxylic acids is 2. The summed E-state index contributed by atoms with van der Waals surface area (Å²) in [5, 5.41) is 0. The summed E-state index contributed by atoms with van der Waals surface area (Å²) in [5.74, 6) is 1.67. The number of ether oxygens (including phenoxy) is 4. The first-order valence-electron chi connectivity index (χ1n) is 8.61. The van der Waals surface area contributed by atoms with Gasteiger partial charge < -0.3 is 18.9 Å². The Morgan fingerprint density at radius 2 is 1.85 bits per heavy atom. The fourth-order valence-corrected chi connectivity index (χ4v) is 2.83. The number of fused-ring (bicyclic) bond motifs is 1. The molecule has 27 heavy (non-hydrogen) atoms. The summed E-state index contributed by atoms with van der Waals surface area (Å²) in [7, 11) is 3.12. The van der Waals surface area contributed by atoms with E-state index in [4.69, 9.17) is 18.9 Å². The third-order valence-corrected chi connectivity index (χ3v) is 4.50. The van der Waals surface area contributed by atoms with Crippen molar-refractivity contribution in [3.8, 4) is 23.0 Å². The van der Waals surface area contributed by atoms with Crippen molar-refractivity contribution in [3.63, 3.8) is 0 Å². The maximum Gasteiger partial charge on any atom is 0.314 e. The molecule has 2 aromatic carbocycles. The number of hydrogen-bond acceptors (Lipinski definition) is 6. The summed E-state index contributed by atoms with van der Waals surface area (Å²) in [4.78, 5) is 24.4. The number of benzene rings is 2. The normalized spacial score (nSPS) is 16.7. The summed E-state index contributed by atoms with van der Waals surface area (Å²) < 4.78 is 21.6. The van der Waals surface area contributed by atoms with E-state index in [1.807, 2.05) is 0 Å². The van der Waals surface area contributed by atoms with Crippen LogP contribution in [0.2, 0.25) is 0 Å². The molecular weight excluding hydrogens is 348 g/mol. The lowest BCUT2D eigenvalue weighted by Crippen LogP contribution is -2.09. The number of rotatable bonds is 5. The Kier molecular flexibility index (Phi) is 4.32. The highest BCUT2D eigenvalue weighted by atomic mass is 16.5. The summed E-state index contributed by atoms with van der Waals surface area (Å²) >= 11 is 0. The zero-order valence-corrected chi connectivity index (χ0v) is 15.0. The molecule has 138 valence electrons. The monoisotopic (exact) mass is 366 g/mol. The minimum Gasteiger partial charge on any atom is -0.497 e. The molecule has 0 amide bonds. The fraction of sp³-hybridized carbons (Fsp3) is 0.238. The van der Waals surface area contributed by atoms with Crippen molar-refractivity contribution in [1.29, 1.82) is 0 Å². The second-order valence-corrected chi connectivity index (χ2v) is 6.40. The van der Waals surface area contributed by atoms with Crippen LogP contribution in [0.25, 0.3) is 6.08 Å². The zero-order chi connectivity index (χ0) is 19.0. The van der Waals surface area contributed by atoms with Gasteiger partial charge in [0.05, 0.1) is 25.7 Å². The van der Waals surface area contributed by atoms with Crippen molar-refractivity contribution in [2.45, 2.75) is 12.8 Å². The van der Waals surface area contributed by atoms with E-state index >= 15 is 0 Å². The van der Waals surface area contributed by atoms with E-state index in [9.17, 15) is 9.59 Å². The molecule has 1 fully saturated rings. The standard InChI is InChI=1S/C21H18O6/c1-24-14-6-5-13(17(10-14)25-2)9-19-20(22)16-8-7-15(11-18(16)27-19)26-21(23)12-3-4-12/h5-12H,3-4H2,1-2H3. The number of allylic oxidation sites excluding steroid dienone is 1. The first-order chi connectivity index (χ1) is 13.1. The van der Waals surface area contributed by atoms with Crippen molar-refractivity contribution in [3.05, 3.63) is 53.3 Å². The van der Waals surface area contributed by atoms with Gasteiger partial charge in [-0.2, -0.15) is 0 Å². The maximum absolute atomic E-state index is 12.6. The van der Waals surface area contributed by atoms with E-state index < -0.39 is 0 Å². The lowest BCUT2D eigenvalue weighted by atomic mass is 10.1. The van der Waals surface area contributed by atoms with Gasteiger partial charge in [0.1, 0.15) is 23.0 Å². The van der Waals surface area contributed by atoms with Crippen LogP contribution in [0.3, 0.4) is 0 Å². The highest BCUT2D eigenvalue weighted by Crippen LogP contribution is 2.37. The minimum atomic E-state index is -0.238. The van der Waals surface area contributed by atoms with Crippen LogP contribution in [0, 0.1) is 5.92 Å². The molecule has 1 aliphatic carbocycles. The number of carbonyl (C=O) groups is 2. The molecule has 2 aromatic rings. The summed E-state index contributed by atoms with van der Waals surface area (Å²) in [6.45, 7) is 0. The highest BCUT2D eigenvalue weighted by molar-refractivity contribution is 6.14. The zero-order valence-electron chi connectivity index (χ0n) is 15.0. The van der Waals surface area contributed by atoms with Crippen molar-refractivity contribution in [1.82, 2.24) is 0 Å². The number of esters is 1. The summed E-state index contributed by atoms with van der Waals surface area (Å²) in [6.07, 6.45) is 3.36. The molecule has 0 atom stereocenters. The molecule has 6 nitrogen and oxygen atoms in total. The second-order valence-electron chi connectivity index (χ2n) is 6.40. The molecule has 0 aromatic heterocycles. The van der Waals surface area contributed by atoms with E-state index in [-0.39, 0.29) is 23.4 Å². The van der Waals surface area contributed by atoms with Gasteiger partial charge in [-0.05, 0) is 43.2 Å². The van der Waals surface area contributed by atoms with Gasteiger partial charge in [0.2, 0.25) is 5.78 Å². The van der Waals surface area contributed by atoms with E-state index in [1.165, 1.54) is 0 Å². The molecule has 0 spiro atoms. The third kappa shape index (κ3) is 3.38. The van der Waals surface area contributed by atoms with E-state index in [2.05, 4.69) is 0 Å². The van der Waals surface area contributed by atoms with Crippen LogP contribution in [-0.2, 0) is 4.79 Å². The van der Waals surface area contributed by atoms with Crippen LogP contribution in [0.1, 0.15) is 28.8 Å². The Morgan fingerprint density at radius 1 is 1.07 bits per heavy atom. The smallest absolute Gasteiger partial charge is 0.314 e. The molecule has 0 radical (unpaired) electrons. The van der Waals surface area contributed by atoms with Gasteiger partial charge in [0.25, 0.3) is 0 Å². The Hall–Kier alpha value is -3.28. The van der Waals surface area contributed by atoms with E-state index in [0.29, 0.717) is 34.1 Å². The quantitative estimate of drug-likeness (QED) is 0.457. The number of Topliss-reactive ketones (excluding diaryl/α,β-unsaturated/α-hetero) is 1.